The molecule has 0 saturated carbocycles. The topological polar surface area (TPSA) is 77.8 Å². The minimum Gasteiger partial charge on any atom is -0.473 e. The van der Waals surface area contributed by atoms with Crippen molar-refractivity contribution in [3.8, 4) is 0 Å². The van der Waals surface area contributed by atoms with E-state index in [0.717, 1.165) is 16.9 Å². The van der Waals surface area contributed by atoms with E-state index in [1.807, 2.05) is 6.07 Å². The van der Waals surface area contributed by atoms with E-state index >= 15 is 0 Å². The van der Waals surface area contributed by atoms with E-state index in [9.17, 15) is 0 Å². The van der Waals surface area contributed by atoms with Gasteiger partial charge in [0.15, 0.2) is 0 Å². The molecule has 0 spiro atoms. The van der Waals surface area contributed by atoms with Crippen molar-refractivity contribution in [1.82, 2.24) is 4.90 Å². The molecule has 2 unspecified atom stereocenters. The number of likely N-dealkylation sites (tertiary alicyclic amines) is 1. The van der Waals surface area contributed by atoms with Crippen LogP contribution in [0.15, 0.2) is 47.4 Å². The Morgan fingerprint density at radius 2 is 1.87 bits per heavy atom. The second-order valence-corrected chi connectivity index (χ2v) is 9.54. The standard InChI is InChI=1S/C21H26ClNS.C2H2O4/c22-19-5-1-4-18(15-19)16-7-11-23(12-8-16)13-9-17-3-2-6-21-20(17)10-14-24-21;3-1(4)2(5)6/h1-6,15-17,20H,7-14H2;(H,3,4)(H,5,6). The highest BCUT2D eigenvalue weighted by atomic mass is 35.5. The van der Waals surface area contributed by atoms with E-state index in [1.54, 1.807) is 4.91 Å². The zero-order valence-electron chi connectivity index (χ0n) is 16.9. The molecule has 7 heteroatoms. The molecule has 5 nitrogen and oxygen atoms in total. The van der Waals surface area contributed by atoms with Crippen molar-refractivity contribution in [2.75, 3.05) is 25.4 Å². The molecule has 3 aliphatic rings. The highest BCUT2D eigenvalue weighted by Gasteiger charge is 2.30. The molecule has 2 saturated heterocycles. The van der Waals surface area contributed by atoms with Crippen LogP contribution in [0.25, 0.3) is 0 Å². The average Bonchev–Trinajstić information content (AvgIpc) is 3.22. The second kappa shape index (κ2) is 11.0. The van der Waals surface area contributed by atoms with Gasteiger partial charge in [-0.15, -0.1) is 11.8 Å². The van der Waals surface area contributed by atoms with Crippen LogP contribution in [-0.4, -0.2) is 52.4 Å². The summed E-state index contributed by atoms with van der Waals surface area (Å²) in [6.45, 7) is 3.72. The lowest BCUT2D eigenvalue weighted by atomic mass is 9.83. The lowest BCUT2D eigenvalue weighted by Crippen LogP contribution is -2.35. The third kappa shape index (κ3) is 6.37. The van der Waals surface area contributed by atoms with E-state index in [4.69, 9.17) is 31.4 Å². The summed E-state index contributed by atoms with van der Waals surface area (Å²) in [6, 6.07) is 8.46. The molecule has 0 bridgehead atoms. The first kappa shape index (κ1) is 22.9. The second-order valence-electron chi connectivity index (χ2n) is 7.93. The number of fused-ring (bicyclic) bond motifs is 1. The molecule has 2 N–H and O–H groups in total. The number of hydrogen-bond donors (Lipinski definition) is 2. The van der Waals surface area contributed by atoms with Crippen molar-refractivity contribution in [2.24, 2.45) is 11.8 Å². The molecule has 2 heterocycles. The smallest absolute Gasteiger partial charge is 0.414 e. The molecule has 0 amide bonds. The molecule has 0 radical (unpaired) electrons. The minimum absolute atomic E-state index is 0.690. The number of carboxylic acid groups (broad SMARTS) is 2. The predicted molar refractivity (Wildman–Crippen MR) is 121 cm³/mol. The lowest BCUT2D eigenvalue weighted by Gasteiger charge is -2.34. The van der Waals surface area contributed by atoms with Gasteiger partial charge in [0.2, 0.25) is 0 Å². The summed E-state index contributed by atoms with van der Waals surface area (Å²) in [5, 5.41) is 15.7. The third-order valence-electron chi connectivity index (χ3n) is 6.07. The maximum atomic E-state index is 9.10. The van der Waals surface area contributed by atoms with Gasteiger partial charge in [0, 0.05) is 5.02 Å². The van der Waals surface area contributed by atoms with Gasteiger partial charge in [-0.2, -0.15) is 0 Å². The van der Waals surface area contributed by atoms with Gasteiger partial charge in [-0.05, 0) is 91.4 Å². The van der Waals surface area contributed by atoms with Gasteiger partial charge in [0.1, 0.15) is 0 Å². The average molecular weight is 450 g/mol. The largest absolute Gasteiger partial charge is 0.473 e. The first-order valence-electron chi connectivity index (χ1n) is 10.4. The van der Waals surface area contributed by atoms with Crippen LogP contribution in [0.4, 0.5) is 0 Å². The van der Waals surface area contributed by atoms with Crippen molar-refractivity contribution in [2.45, 2.75) is 31.6 Å². The number of hydrogen-bond acceptors (Lipinski definition) is 4. The van der Waals surface area contributed by atoms with Crippen LogP contribution in [0.2, 0.25) is 5.02 Å². The molecule has 2 fully saturated rings. The maximum absolute atomic E-state index is 9.10. The summed E-state index contributed by atoms with van der Waals surface area (Å²) in [5.41, 5.74) is 1.43. The van der Waals surface area contributed by atoms with Crippen LogP contribution < -0.4 is 0 Å². The van der Waals surface area contributed by atoms with E-state index in [0.29, 0.717) is 5.92 Å². The van der Waals surface area contributed by atoms with E-state index in [2.05, 4.69) is 53.1 Å². The fourth-order valence-electron chi connectivity index (χ4n) is 4.46. The molecule has 30 heavy (non-hydrogen) atoms. The third-order valence-corrected chi connectivity index (χ3v) is 7.52. The van der Waals surface area contributed by atoms with Gasteiger partial charge >= 0.3 is 11.9 Å². The zero-order chi connectivity index (χ0) is 21.5. The van der Waals surface area contributed by atoms with Gasteiger partial charge < -0.3 is 15.1 Å². The van der Waals surface area contributed by atoms with Gasteiger partial charge in [-0.1, -0.05) is 42.0 Å². The fourth-order valence-corrected chi connectivity index (χ4v) is 5.94. The molecule has 162 valence electrons. The van der Waals surface area contributed by atoms with Crippen LogP contribution in [-0.2, 0) is 9.59 Å². The van der Waals surface area contributed by atoms with Crippen LogP contribution in [0.1, 0.15) is 37.2 Å². The van der Waals surface area contributed by atoms with Gasteiger partial charge in [-0.25, -0.2) is 9.59 Å². The number of allylic oxidation sites excluding steroid dienone is 4. The Hall–Kier alpha value is -1.76. The summed E-state index contributed by atoms with van der Waals surface area (Å²) in [7, 11) is 0. The summed E-state index contributed by atoms with van der Waals surface area (Å²) in [4.78, 5) is 22.5. The Bertz CT molecular complexity index is 805. The predicted octanol–water partition coefficient (Wildman–Crippen LogP) is 4.89. The number of rotatable bonds is 4. The number of benzene rings is 1. The van der Waals surface area contributed by atoms with Crippen LogP contribution in [0.5, 0.6) is 0 Å². The van der Waals surface area contributed by atoms with Crippen LogP contribution >= 0.6 is 23.4 Å². The van der Waals surface area contributed by atoms with Crippen molar-refractivity contribution < 1.29 is 19.8 Å². The molecule has 1 aliphatic carbocycles. The van der Waals surface area contributed by atoms with Crippen molar-refractivity contribution >= 4 is 35.3 Å². The zero-order valence-corrected chi connectivity index (χ0v) is 18.4. The van der Waals surface area contributed by atoms with E-state index < -0.39 is 11.9 Å². The Morgan fingerprint density at radius 3 is 2.53 bits per heavy atom. The number of carboxylic acids is 2. The van der Waals surface area contributed by atoms with Crippen LogP contribution in [0, 0.1) is 11.8 Å². The molecular weight excluding hydrogens is 422 g/mol. The first-order valence-corrected chi connectivity index (χ1v) is 11.8. The maximum Gasteiger partial charge on any atom is 0.414 e. The Labute approximate surface area is 186 Å². The molecule has 0 aromatic heterocycles. The Balaban J connectivity index is 0.000000377. The van der Waals surface area contributed by atoms with Gasteiger partial charge in [0.25, 0.3) is 0 Å². The Kier molecular flexibility index (Phi) is 8.42. The van der Waals surface area contributed by atoms with Crippen LogP contribution in [0.3, 0.4) is 0 Å². The molecule has 1 aromatic carbocycles. The number of piperidine rings is 1. The van der Waals surface area contributed by atoms with Crippen molar-refractivity contribution in [3.05, 3.63) is 58.0 Å². The van der Waals surface area contributed by atoms with E-state index in [-0.39, 0.29) is 0 Å². The quantitative estimate of drug-likeness (QED) is 0.637. The summed E-state index contributed by atoms with van der Waals surface area (Å²) < 4.78 is 0. The molecule has 1 aromatic rings. The summed E-state index contributed by atoms with van der Waals surface area (Å²) in [5.74, 6) is -0.0466. The number of thioether (sulfide) groups is 1. The lowest BCUT2D eigenvalue weighted by molar-refractivity contribution is -0.159. The molecule has 2 aliphatic heterocycles. The highest BCUT2D eigenvalue weighted by molar-refractivity contribution is 8.03. The summed E-state index contributed by atoms with van der Waals surface area (Å²) in [6.07, 6.45) is 12.3. The number of halogens is 1. The molecule has 4 rings (SSSR count). The number of nitrogens with zero attached hydrogens (tertiary/aromatic N) is 1. The van der Waals surface area contributed by atoms with E-state index in [1.165, 1.54) is 56.6 Å². The fraction of sp³-hybridized carbons (Fsp3) is 0.478. The normalized spacial score (nSPS) is 23.8. The van der Waals surface area contributed by atoms with Crippen molar-refractivity contribution in [1.29, 1.82) is 0 Å². The number of aliphatic carboxylic acids is 2. The van der Waals surface area contributed by atoms with Crippen molar-refractivity contribution in [3.63, 3.8) is 0 Å². The minimum atomic E-state index is -1.82. The number of carbonyl (C=O) groups is 2. The monoisotopic (exact) mass is 449 g/mol. The van der Waals surface area contributed by atoms with Gasteiger partial charge in [-0.3, -0.25) is 0 Å². The highest BCUT2D eigenvalue weighted by Crippen LogP contribution is 2.44. The first-order chi connectivity index (χ1) is 14.4. The SMILES string of the molecule is Clc1cccc(C2CCN(CCC3C=CC=C4SCCC43)CC2)c1.O=C(O)C(=O)O. The van der Waals surface area contributed by atoms with Gasteiger partial charge in [0.05, 0.1) is 0 Å². The molecule has 2 atom stereocenters. The molecular formula is C23H28ClNO4S. The summed E-state index contributed by atoms with van der Waals surface area (Å²) >= 11 is 8.23. The Morgan fingerprint density at radius 1 is 1.13 bits per heavy atom.